The summed E-state index contributed by atoms with van der Waals surface area (Å²) in [7, 11) is 4.64. The molecule has 1 aromatic heterocycles. The standard InChI is InChI=1S/C29H33NO7S2/c1-32-14-35-24-12-18(11-23(34-3)27(24)36-15-33-2)22-5-4-21(37-22)13-25-28(31)30(29(38)39-25)26-19-7-16-6-17(9-19)10-20(26)8-16/h4-5,11-13,16-17,19-20,26H,6-10,14-15H2,1-3H3. The van der Waals surface area contributed by atoms with Crippen LogP contribution in [-0.2, 0) is 14.3 Å². The topological polar surface area (TPSA) is 79.6 Å². The first kappa shape index (κ1) is 26.7. The highest BCUT2D eigenvalue weighted by atomic mass is 32.2. The Kier molecular flexibility index (Phi) is 7.63. The molecule has 4 saturated carbocycles. The van der Waals surface area contributed by atoms with Crippen LogP contribution in [-0.4, -0.2) is 56.1 Å². The first-order valence-corrected chi connectivity index (χ1v) is 14.5. The molecule has 10 heteroatoms. The summed E-state index contributed by atoms with van der Waals surface area (Å²) >= 11 is 7.13. The molecule has 7 rings (SSSR count). The van der Waals surface area contributed by atoms with Crippen molar-refractivity contribution >= 4 is 40.3 Å². The molecule has 2 aromatic rings. The van der Waals surface area contributed by atoms with Crippen LogP contribution in [0.25, 0.3) is 17.4 Å². The highest BCUT2D eigenvalue weighted by Gasteiger charge is 2.53. The number of carbonyl (C=O) groups excluding carboxylic acids is 1. The van der Waals surface area contributed by atoms with Gasteiger partial charge in [0.25, 0.3) is 5.91 Å². The Labute approximate surface area is 237 Å². The molecule has 0 N–H and O–H groups in total. The summed E-state index contributed by atoms with van der Waals surface area (Å²) in [6.45, 7) is 0.0663. The van der Waals surface area contributed by atoms with E-state index < -0.39 is 0 Å². The van der Waals surface area contributed by atoms with Crippen LogP contribution >= 0.6 is 24.0 Å². The van der Waals surface area contributed by atoms with E-state index in [1.165, 1.54) is 51.0 Å². The number of thioether (sulfide) groups is 1. The molecule has 208 valence electrons. The van der Waals surface area contributed by atoms with E-state index in [9.17, 15) is 4.79 Å². The van der Waals surface area contributed by atoms with Gasteiger partial charge >= 0.3 is 0 Å². The molecule has 5 aliphatic rings. The van der Waals surface area contributed by atoms with Crippen LogP contribution in [0.1, 0.15) is 37.9 Å². The number of methoxy groups -OCH3 is 3. The molecule has 1 saturated heterocycles. The zero-order chi connectivity index (χ0) is 27.1. The van der Waals surface area contributed by atoms with Crippen LogP contribution in [0.15, 0.2) is 33.6 Å². The zero-order valence-electron chi connectivity index (χ0n) is 22.3. The molecular formula is C29H33NO7S2. The lowest BCUT2D eigenvalue weighted by molar-refractivity contribution is -0.130. The van der Waals surface area contributed by atoms with Gasteiger partial charge in [0.15, 0.2) is 25.1 Å². The van der Waals surface area contributed by atoms with Crippen molar-refractivity contribution < 1.29 is 32.9 Å². The van der Waals surface area contributed by atoms with Gasteiger partial charge in [-0.05, 0) is 80.0 Å². The fourth-order valence-electron chi connectivity index (χ4n) is 7.13. The molecule has 2 heterocycles. The number of amides is 1. The summed E-state index contributed by atoms with van der Waals surface area (Å²) in [6, 6.07) is 7.55. The second kappa shape index (κ2) is 11.2. The van der Waals surface area contributed by atoms with Gasteiger partial charge in [-0.25, -0.2) is 0 Å². The molecule has 0 atom stereocenters. The minimum Gasteiger partial charge on any atom is -0.493 e. The summed E-state index contributed by atoms with van der Waals surface area (Å²) in [6.07, 6.45) is 8.14. The number of furan rings is 1. The molecule has 1 aliphatic heterocycles. The Morgan fingerprint density at radius 1 is 0.974 bits per heavy atom. The molecule has 4 bridgehead atoms. The Morgan fingerprint density at radius 3 is 2.31 bits per heavy atom. The van der Waals surface area contributed by atoms with E-state index in [1.54, 1.807) is 32.4 Å². The van der Waals surface area contributed by atoms with Gasteiger partial charge in [0.1, 0.15) is 15.8 Å². The normalized spacial score (nSPS) is 28.5. The van der Waals surface area contributed by atoms with Crippen molar-refractivity contribution in [2.75, 3.05) is 34.9 Å². The summed E-state index contributed by atoms with van der Waals surface area (Å²) in [5, 5.41) is 0. The minimum atomic E-state index is 0.0111. The van der Waals surface area contributed by atoms with E-state index in [4.69, 9.17) is 40.3 Å². The maximum atomic E-state index is 13.6. The smallest absolute Gasteiger partial charge is 0.266 e. The fraction of sp³-hybridized carbons (Fsp3) is 0.517. The van der Waals surface area contributed by atoms with E-state index >= 15 is 0 Å². The maximum absolute atomic E-state index is 13.6. The largest absolute Gasteiger partial charge is 0.493 e. The number of ether oxygens (including phenoxy) is 5. The average Bonchev–Trinajstić information content (AvgIpc) is 3.50. The van der Waals surface area contributed by atoms with E-state index in [-0.39, 0.29) is 25.5 Å². The van der Waals surface area contributed by atoms with Gasteiger partial charge in [0.05, 0.1) is 12.0 Å². The first-order valence-electron chi connectivity index (χ1n) is 13.3. The summed E-state index contributed by atoms with van der Waals surface area (Å²) in [4.78, 5) is 16.2. The highest BCUT2D eigenvalue weighted by molar-refractivity contribution is 8.26. The Bertz CT molecular complexity index is 1260. The third-order valence-electron chi connectivity index (χ3n) is 8.38. The molecular weight excluding hydrogens is 538 g/mol. The SMILES string of the molecule is COCOc1cc(-c2ccc(C=C3SC(=S)N(C4C5CC6CC(C5)CC4C6)C3=O)o2)cc(OC)c1OCOC. The van der Waals surface area contributed by atoms with E-state index in [0.29, 0.717) is 49.8 Å². The lowest BCUT2D eigenvalue weighted by Crippen LogP contribution is -2.57. The second-order valence-corrected chi connectivity index (χ2v) is 12.5. The van der Waals surface area contributed by atoms with Crippen LogP contribution in [0.2, 0.25) is 0 Å². The quantitative estimate of drug-likeness (QED) is 0.195. The number of nitrogens with zero attached hydrogens (tertiary/aromatic N) is 1. The van der Waals surface area contributed by atoms with Gasteiger partial charge in [-0.15, -0.1) is 0 Å². The summed E-state index contributed by atoms with van der Waals surface area (Å²) in [5.41, 5.74) is 0.725. The zero-order valence-corrected chi connectivity index (χ0v) is 24.0. The lowest BCUT2D eigenvalue weighted by atomic mass is 9.54. The number of thiocarbonyl (C=S) groups is 1. The third kappa shape index (κ3) is 5.08. The molecule has 5 fully saturated rings. The molecule has 0 spiro atoms. The predicted octanol–water partition coefficient (Wildman–Crippen LogP) is 5.95. The number of rotatable bonds is 10. The minimum absolute atomic E-state index is 0.0111. The summed E-state index contributed by atoms with van der Waals surface area (Å²) in [5.74, 6) is 5.33. The lowest BCUT2D eigenvalue weighted by Gasteiger charge is -2.56. The van der Waals surface area contributed by atoms with Gasteiger partial charge in [-0.1, -0.05) is 24.0 Å². The molecule has 0 radical (unpaired) electrons. The van der Waals surface area contributed by atoms with Gasteiger partial charge in [0.2, 0.25) is 5.75 Å². The van der Waals surface area contributed by atoms with Crippen molar-refractivity contribution in [2.24, 2.45) is 23.7 Å². The predicted molar refractivity (Wildman–Crippen MR) is 152 cm³/mol. The molecule has 8 nitrogen and oxygen atoms in total. The van der Waals surface area contributed by atoms with E-state index in [2.05, 4.69) is 0 Å². The van der Waals surface area contributed by atoms with Gasteiger partial charge in [-0.3, -0.25) is 9.69 Å². The van der Waals surface area contributed by atoms with Crippen LogP contribution < -0.4 is 14.2 Å². The van der Waals surface area contributed by atoms with Crippen LogP contribution in [0.5, 0.6) is 17.2 Å². The average molecular weight is 572 g/mol. The van der Waals surface area contributed by atoms with Crippen LogP contribution in [0, 0.1) is 23.7 Å². The van der Waals surface area contributed by atoms with Crippen LogP contribution in [0.3, 0.4) is 0 Å². The molecule has 1 aromatic carbocycles. The first-order chi connectivity index (χ1) is 19.0. The van der Waals surface area contributed by atoms with Gasteiger partial charge in [0, 0.05) is 31.9 Å². The van der Waals surface area contributed by atoms with Crippen molar-refractivity contribution in [3.05, 3.63) is 34.9 Å². The van der Waals surface area contributed by atoms with Gasteiger partial charge in [-0.2, -0.15) is 0 Å². The number of benzene rings is 1. The number of carbonyl (C=O) groups is 1. The Hall–Kier alpha value is -2.53. The van der Waals surface area contributed by atoms with Crippen molar-refractivity contribution in [3.8, 4) is 28.6 Å². The second-order valence-electron chi connectivity index (χ2n) is 10.8. The summed E-state index contributed by atoms with van der Waals surface area (Å²) < 4.78 is 33.9. The van der Waals surface area contributed by atoms with Crippen LogP contribution in [0.4, 0.5) is 0 Å². The van der Waals surface area contributed by atoms with Crippen molar-refractivity contribution in [1.29, 1.82) is 0 Å². The Morgan fingerprint density at radius 2 is 1.64 bits per heavy atom. The molecule has 39 heavy (non-hydrogen) atoms. The molecule has 4 aliphatic carbocycles. The molecule has 1 amide bonds. The van der Waals surface area contributed by atoms with Crippen molar-refractivity contribution in [2.45, 2.75) is 38.1 Å². The van der Waals surface area contributed by atoms with E-state index in [1.807, 2.05) is 17.0 Å². The monoisotopic (exact) mass is 571 g/mol. The Balaban J connectivity index is 1.24. The van der Waals surface area contributed by atoms with Crippen molar-refractivity contribution in [1.82, 2.24) is 4.90 Å². The highest BCUT2D eigenvalue weighted by Crippen LogP contribution is 2.56. The number of hydrogen-bond acceptors (Lipinski definition) is 9. The number of hydrogen-bond donors (Lipinski definition) is 0. The van der Waals surface area contributed by atoms with E-state index in [0.717, 1.165) is 17.4 Å². The fourth-order valence-corrected chi connectivity index (χ4v) is 8.46. The van der Waals surface area contributed by atoms with Gasteiger partial charge < -0.3 is 28.1 Å². The van der Waals surface area contributed by atoms with Crippen molar-refractivity contribution in [3.63, 3.8) is 0 Å². The molecule has 0 unspecified atom stereocenters. The third-order valence-corrected chi connectivity index (χ3v) is 9.71. The maximum Gasteiger partial charge on any atom is 0.266 e.